The first kappa shape index (κ1) is 15.7. The Kier molecular flexibility index (Phi) is 6.02. The van der Waals surface area contributed by atoms with Crippen molar-refractivity contribution in [2.75, 3.05) is 7.11 Å². The number of rotatable bonds is 5. The standard InChI is InChI=1S/C14H18BrNO3/c1-4-9(2)12(14(18)19-3)16-13(17)10-6-5-7-11(15)8-10/h5-9,12H,4H2,1-3H3,(H,16,17)/t9-,12-/m0/s1. The summed E-state index contributed by atoms with van der Waals surface area (Å²) in [5.41, 5.74) is 0.506. The maximum atomic E-state index is 12.1. The van der Waals surface area contributed by atoms with E-state index in [-0.39, 0.29) is 11.8 Å². The van der Waals surface area contributed by atoms with Crippen molar-refractivity contribution in [2.45, 2.75) is 26.3 Å². The van der Waals surface area contributed by atoms with Gasteiger partial charge in [0.1, 0.15) is 6.04 Å². The van der Waals surface area contributed by atoms with Crippen LogP contribution in [-0.4, -0.2) is 25.0 Å². The minimum Gasteiger partial charge on any atom is -0.467 e. The molecule has 1 aromatic carbocycles. The molecule has 0 fully saturated rings. The number of methoxy groups -OCH3 is 1. The molecule has 1 aromatic rings. The number of carbonyl (C=O) groups is 2. The molecule has 0 radical (unpaired) electrons. The van der Waals surface area contributed by atoms with E-state index in [4.69, 9.17) is 4.74 Å². The van der Waals surface area contributed by atoms with Gasteiger partial charge in [0.2, 0.25) is 0 Å². The smallest absolute Gasteiger partial charge is 0.328 e. The van der Waals surface area contributed by atoms with Gasteiger partial charge in [-0.15, -0.1) is 0 Å². The molecule has 0 saturated heterocycles. The summed E-state index contributed by atoms with van der Waals surface area (Å²) in [6.07, 6.45) is 0.776. The molecule has 0 aliphatic rings. The van der Waals surface area contributed by atoms with Gasteiger partial charge in [0, 0.05) is 10.0 Å². The fraction of sp³-hybridized carbons (Fsp3) is 0.429. The lowest BCUT2D eigenvalue weighted by molar-refractivity contribution is -0.144. The molecule has 0 bridgehead atoms. The Balaban J connectivity index is 2.84. The molecular weight excluding hydrogens is 310 g/mol. The normalized spacial score (nSPS) is 13.5. The predicted octanol–water partition coefficient (Wildman–Crippen LogP) is 2.77. The minimum absolute atomic E-state index is 0.0172. The van der Waals surface area contributed by atoms with Crippen LogP contribution in [-0.2, 0) is 9.53 Å². The average molecular weight is 328 g/mol. The SMILES string of the molecule is CC[C@H](C)[C@H](NC(=O)c1cccc(Br)c1)C(=O)OC. The van der Waals surface area contributed by atoms with E-state index in [0.29, 0.717) is 5.56 Å². The molecule has 1 amide bonds. The zero-order chi connectivity index (χ0) is 14.4. The van der Waals surface area contributed by atoms with E-state index in [1.54, 1.807) is 18.2 Å². The lowest BCUT2D eigenvalue weighted by Gasteiger charge is -2.21. The molecular formula is C14H18BrNO3. The van der Waals surface area contributed by atoms with Gasteiger partial charge in [-0.1, -0.05) is 42.3 Å². The molecule has 0 saturated carbocycles. The Morgan fingerprint density at radius 1 is 1.42 bits per heavy atom. The summed E-state index contributed by atoms with van der Waals surface area (Å²) in [4.78, 5) is 23.8. The molecule has 19 heavy (non-hydrogen) atoms. The fourth-order valence-electron chi connectivity index (χ4n) is 1.65. The highest BCUT2D eigenvalue weighted by Crippen LogP contribution is 2.14. The first-order valence-corrected chi connectivity index (χ1v) is 6.93. The number of carbonyl (C=O) groups excluding carboxylic acids is 2. The minimum atomic E-state index is -0.624. The van der Waals surface area contributed by atoms with Crippen LogP contribution < -0.4 is 5.32 Å². The van der Waals surface area contributed by atoms with Gasteiger partial charge in [-0.3, -0.25) is 4.79 Å². The van der Waals surface area contributed by atoms with Crippen molar-refractivity contribution in [3.63, 3.8) is 0 Å². The van der Waals surface area contributed by atoms with Crippen LogP contribution in [0.5, 0.6) is 0 Å². The molecule has 0 spiro atoms. The molecule has 5 heteroatoms. The van der Waals surface area contributed by atoms with Crippen molar-refractivity contribution in [3.05, 3.63) is 34.3 Å². The predicted molar refractivity (Wildman–Crippen MR) is 76.9 cm³/mol. The third-order valence-electron chi connectivity index (χ3n) is 3.04. The van der Waals surface area contributed by atoms with Crippen LogP contribution in [0, 0.1) is 5.92 Å². The third kappa shape index (κ3) is 4.35. The second-order valence-electron chi connectivity index (χ2n) is 4.37. The molecule has 0 aliphatic heterocycles. The molecule has 0 heterocycles. The summed E-state index contributed by atoms with van der Waals surface area (Å²) in [7, 11) is 1.32. The van der Waals surface area contributed by atoms with E-state index in [1.807, 2.05) is 19.9 Å². The molecule has 104 valence electrons. The van der Waals surface area contributed by atoms with E-state index in [0.717, 1.165) is 10.9 Å². The Morgan fingerprint density at radius 3 is 2.63 bits per heavy atom. The van der Waals surface area contributed by atoms with Gasteiger partial charge in [-0.05, 0) is 24.1 Å². The Hall–Kier alpha value is -1.36. The van der Waals surface area contributed by atoms with E-state index < -0.39 is 12.0 Å². The Morgan fingerprint density at radius 2 is 2.11 bits per heavy atom. The quantitative estimate of drug-likeness (QED) is 0.846. The topological polar surface area (TPSA) is 55.4 Å². The van der Waals surface area contributed by atoms with Gasteiger partial charge in [-0.2, -0.15) is 0 Å². The highest BCUT2D eigenvalue weighted by atomic mass is 79.9. The van der Waals surface area contributed by atoms with Crippen LogP contribution in [0.1, 0.15) is 30.6 Å². The first-order chi connectivity index (χ1) is 8.99. The van der Waals surface area contributed by atoms with Crippen LogP contribution in [0.4, 0.5) is 0 Å². The van der Waals surface area contributed by atoms with Crippen molar-refractivity contribution in [1.82, 2.24) is 5.32 Å². The lowest BCUT2D eigenvalue weighted by atomic mass is 9.99. The van der Waals surface area contributed by atoms with Crippen LogP contribution in [0.15, 0.2) is 28.7 Å². The summed E-state index contributed by atoms with van der Waals surface area (Å²) in [5, 5.41) is 2.73. The van der Waals surface area contributed by atoms with Gasteiger partial charge < -0.3 is 10.1 Å². The maximum absolute atomic E-state index is 12.1. The van der Waals surface area contributed by atoms with Crippen molar-refractivity contribution in [2.24, 2.45) is 5.92 Å². The summed E-state index contributed by atoms with van der Waals surface area (Å²) < 4.78 is 5.55. The van der Waals surface area contributed by atoms with Gasteiger partial charge in [0.05, 0.1) is 7.11 Å². The highest BCUT2D eigenvalue weighted by molar-refractivity contribution is 9.10. The largest absolute Gasteiger partial charge is 0.467 e. The molecule has 0 unspecified atom stereocenters. The number of ether oxygens (including phenoxy) is 1. The zero-order valence-corrected chi connectivity index (χ0v) is 12.9. The van der Waals surface area contributed by atoms with Gasteiger partial charge in [-0.25, -0.2) is 4.79 Å². The molecule has 4 nitrogen and oxygen atoms in total. The molecule has 1 rings (SSSR count). The van der Waals surface area contributed by atoms with Gasteiger partial charge >= 0.3 is 5.97 Å². The molecule has 0 aliphatic carbocycles. The maximum Gasteiger partial charge on any atom is 0.328 e. The number of benzene rings is 1. The van der Waals surface area contributed by atoms with E-state index in [9.17, 15) is 9.59 Å². The van der Waals surface area contributed by atoms with E-state index in [2.05, 4.69) is 21.2 Å². The number of hydrogen-bond donors (Lipinski definition) is 1. The van der Waals surface area contributed by atoms with Crippen LogP contribution in [0.25, 0.3) is 0 Å². The highest BCUT2D eigenvalue weighted by Gasteiger charge is 2.26. The summed E-state index contributed by atoms with van der Waals surface area (Å²) in [6.45, 7) is 3.87. The zero-order valence-electron chi connectivity index (χ0n) is 11.3. The van der Waals surface area contributed by atoms with Crippen LogP contribution in [0.3, 0.4) is 0 Å². The van der Waals surface area contributed by atoms with Gasteiger partial charge in [0.25, 0.3) is 5.91 Å². The molecule has 0 aromatic heterocycles. The van der Waals surface area contributed by atoms with Crippen molar-refractivity contribution >= 4 is 27.8 Å². The second-order valence-corrected chi connectivity index (χ2v) is 5.29. The Bertz CT molecular complexity index is 462. The Labute approximate surface area is 121 Å². The monoisotopic (exact) mass is 327 g/mol. The average Bonchev–Trinajstić information content (AvgIpc) is 2.42. The van der Waals surface area contributed by atoms with Crippen molar-refractivity contribution in [1.29, 1.82) is 0 Å². The number of hydrogen-bond acceptors (Lipinski definition) is 3. The number of esters is 1. The molecule has 1 N–H and O–H groups in total. The van der Waals surface area contributed by atoms with Crippen molar-refractivity contribution in [3.8, 4) is 0 Å². The summed E-state index contributed by atoms with van der Waals surface area (Å²) in [6, 6.07) is 6.39. The van der Waals surface area contributed by atoms with E-state index in [1.165, 1.54) is 7.11 Å². The van der Waals surface area contributed by atoms with Gasteiger partial charge in [0.15, 0.2) is 0 Å². The summed E-state index contributed by atoms with van der Waals surface area (Å²) in [5.74, 6) is -0.682. The van der Waals surface area contributed by atoms with Crippen molar-refractivity contribution < 1.29 is 14.3 Å². The van der Waals surface area contributed by atoms with Crippen LogP contribution >= 0.6 is 15.9 Å². The number of nitrogens with one attached hydrogen (secondary N) is 1. The van der Waals surface area contributed by atoms with E-state index >= 15 is 0 Å². The second kappa shape index (κ2) is 7.28. The fourth-order valence-corrected chi connectivity index (χ4v) is 2.05. The lowest BCUT2D eigenvalue weighted by Crippen LogP contribution is -2.45. The third-order valence-corrected chi connectivity index (χ3v) is 3.53. The number of halogens is 1. The van der Waals surface area contributed by atoms with Crippen LogP contribution in [0.2, 0.25) is 0 Å². The number of amides is 1. The molecule has 2 atom stereocenters. The first-order valence-electron chi connectivity index (χ1n) is 6.13. The summed E-state index contributed by atoms with van der Waals surface area (Å²) >= 11 is 3.31.